The van der Waals surface area contributed by atoms with Crippen LogP contribution in [0.25, 0.3) is 16.7 Å². The molecule has 1 N–H and O–H groups in total. The second kappa shape index (κ2) is 10.2. The lowest BCUT2D eigenvalue weighted by atomic mass is 9.78. The molecule has 3 aromatic rings. The Labute approximate surface area is 230 Å². The van der Waals surface area contributed by atoms with E-state index in [0.29, 0.717) is 17.9 Å². The van der Waals surface area contributed by atoms with Crippen molar-refractivity contribution < 1.29 is 23.8 Å². The highest BCUT2D eigenvalue weighted by molar-refractivity contribution is 5.85. The highest BCUT2D eigenvalue weighted by Crippen LogP contribution is 2.50. The van der Waals surface area contributed by atoms with Gasteiger partial charge in [0.05, 0.1) is 13.5 Å². The van der Waals surface area contributed by atoms with Crippen LogP contribution in [0.15, 0.2) is 60.7 Å². The van der Waals surface area contributed by atoms with Crippen molar-refractivity contribution in [1.29, 1.82) is 0 Å². The number of fused-ring (bicyclic) bond motifs is 1. The molecule has 0 saturated carbocycles. The van der Waals surface area contributed by atoms with Gasteiger partial charge < -0.3 is 14.6 Å². The summed E-state index contributed by atoms with van der Waals surface area (Å²) in [6, 6.07) is 17.0. The van der Waals surface area contributed by atoms with Crippen LogP contribution in [0.2, 0.25) is 0 Å². The zero-order chi connectivity index (χ0) is 27.9. The molecule has 5 heteroatoms. The van der Waals surface area contributed by atoms with Gasteiger partial charge in [0.25, 0.3) is 0 Å². The number of halogens is 1. The maximum atomic E-state index is 15.1. The lowest BCUT2D eigenvalue weighted by molar-refractivity contribution is -0.138. The summed E-state index contributed by atoms with van der Waals surface area (Å²) in [5.41, 5.74) is 6.72. The fourth-order valence-electron chi connectivity index (χ4n) is 6.35. The second-order valence-electron chi connectivity index (χ2n) is 12.2. The van der Waals surface area contributed by atoms with E-state index in [4.69, 9.17) is 9.47 Å². The number of methoxy groups -OCH3 is 1. The molecular weight excluding hydrogens is 491 g/mol. The van der Waals surface area contributed by atoms with Crippen LogP contribution in [0.4, 0.5) is 4.39 Å². The Kier molecular flexibility index (Phi) is 7.04. The largest absolute Gasteiger partial charge is 0.497 e. The predicted octanol–water partition coefficient (Wildman–Crippen LogP) is 8.42. The molecule has 4 nitrogen and oxygen atoms in total. The number of carboxylic acid groups (broad SMARTS) is 1. The van der Waals surface area contributed by atoms with Gasteiger partial charge in [0.1, 0.15) is 23.9 Å². The van der Waals surface area contributed by atoms with Gasteiger partial charge in [-0.2, -0.15) is 0 Å². The molecule has 0 radical (unpaired) electrons. The Morgan fingerprint density at radius 1 is 0.974 bits per heavy atom. The Balaban J connectivity index is 1.46. The van der Waals surface area contributed by atoms with E-state index in [-0.39, 0.29) is 29.0 Å². The van der Waals surface area contributed by atoms with Crippen molar-refractivity contribution in [2.24, 2.45) is 10.8 Å². The van der Waals surface area contributed by atoms with Crippen molar-refractivity contribution in [2.75, 3.05) is 7.11 Å². The monoisotopic (exact) mass is 528 g/mol. The van der Waals surface area contributed by atoms with Crippen LogP contribution >= 0.6 is 0 Å². The minimum Gasteiger partial charge on any atom is -0.497 e. The Morgan fingerprint density at radius 3 is 2.44 bits per heavy atom. The van der Waals surface area contributed by atoms with Gasteiger partial charge in [-0.05, 0) is 99.9 Å². The summed E-state index contributed by atoms with van der Waals surface area (Å²) in [4.78, 5) is 11.6. The minimum absolute atomic E-state index is 0.0183. The van der Waals surface area contributed by atoms with E-state index in [2.05, 4.69) is 45.9 Å². The summed E-state index contributed by atoms with van der Waals surface area (Å²) in [6.45, 7) is 9.09. The molecule has 0 heterocycles. The number of carbonyl (C=O) groups is 1. The minimum atomic E-state index is -0.781. The molecular formula is C34H37FO4. The van der Waals surface area contributed by atoms with E-state index in [0.717, 1.165) is 47.3 Å². The lowest BCUT2D eigenvalue weighted by Gasteiger charge is -2.26. The zero-order valence-electron chi connectivity index (χ0n) is 23.4. The maximum absolute atomic E-state index is 15.1. The average molecular weight is 529 g/mol. The summed E-state index contributed by atoms with van der Waals surface area (Å²) >= 11 is 0. The van der Waals surface area contributed by atoms with Gasteiger partial charge in [-0.3, -0.25) is 4.79 Å². The van der Waals surface area contributed by atoms with Gasteiger partial charge >= 0.3 is 5.97 Å². The van der Waals surface area contributed by atoms with E-state index in [1.165, 1.54) is 17.2 Å². The quantitative estimate of drug-likeness (QED) is 0.319. The van der Waals surface area contributed by atoms with Crippen molar-refractivity contribution in [3.63, 3.8) is 0 Å². The Bertz CT molecular complexity index is 1450. The molecule has 0 aliphatic heterocycles. The van der Waals surface area contributed by atoms with Gasteiger partial charge in [0, 0.05) is 11.5 Å². The normalized spacial score (nSPS) is 18.9. The first-order chi connectivity index (χ1) is 18.5. The molecule has 39 heavy (non-hydrogen) atoms. The van der Waals surface area contributed by atoms with Crippen LogP contribution in [0, 0.1) is 16.6 Å². The highest BCUT2D eigenvalue weighted by Gasteiger charge is 2.40. The molecule has 0 saturated heterocycles. The number of hydrogen-bond donors (Lipinski definition) is 1. The fourth-order valence-corrected chi connectivity index (χ4v) is 6.35. The van der Waals surface area contributed by atoms with Crippen molar-refractivity contribution in [2.45, 2.75) is 65.9 Å². The number of hydrogen-bond acceptors (Lipinski definition) is 3. The van der Waals surface area contributed by atoms with Crippen molar-refractivity contribution in [3.8, 4) is 22.6 Å². The van der Waals surface area contributed by atoms with Gasteiger partial charge in [-0.1, -0.05) is 52.0 Å². The first-order valence-electron chi connectivity index (χ1n) is 13.6. The molecule has 204 valence electrons. The standard InChI is InChI=1S/C34H37FO4/c1-33(2)14-6-7-29(33)27-15-21(8-12-25(27)28-16-23(38-5)11-13-31(28)35)20-39-24-10-9-22-19-34(3,4)30(18-32(36)37)26(22)17-24/h7-13,15-17,30H,6,14,18-20H2,1-5H3,(H,36,37)/t30-/m0/s1. The summed E-state index contributed by atoms with van der Waals surface area (Å²) in [5.74, 6) is 0.233. The maximum Gasteiger partial charge on any atom is 0.303 e. The third-order valence-corrected chi connectivity index (χ3v) is 8.55. The average Bonchev–Trinajstić information content (AvgIpc) is 3.37. The number of ether oxygens (including phenoxy) is 2. The van der Waals surface area contributed by atoms with Crippen molar-refractivity contribution in [3.05, 3.63) is 88.7 Å². The fraction of sp³-hybridized carbons (Fsp3) is 0.382. The third-order valence-electron chi connectivity index (χ3n) is 8.55. The predicted molar refractivity (Wildman–Crippen MR) is 153 cm³/mol. The first kappa shape index (κ1) is 27.0. The molecule has 0 spiro atoms. The van der Waals surface area contributed by atoms with E-state index >= 15 is 4.39 Å². The summed E-state index contributed by atoms with van der Waals surface area (Å²) in [7, 11) is 1.59. The SMILES string of the molecule is COc1ccc(F)c(-c2ccc(COc3ccc4c(c3)[C@H](CC(=O)O)C(C)(C)C4)cc2C2=CCCC2(C)C)c1. The number of carboxylic acids is 1. The second-order valence-corrected chi connectivity index (χ2v) is 12.2. The van der Waals surface area contributed by atoms with Crippen molar-refractivity contribution in [1.82, 2.24) is 0 Å². The van der Waals surface area contributed by atoms with Crippen LogP contribution in [0.3, 0.4) is 0 Å². The summed E-state index contributed by atoms with van der Waals surface area (Å²) in [5, 5.41) is 9.49. The van der Waals surface area contributed by atoms with Gasteiger partial charge in [-0.15, -0.1) is 0 Å². The molecule has 3 aromatic carbocycles. The Hall–Kier alpha value is -3.60. The Morgan fingerprint density at radius 2 is 1.74 bits per heavy atom. The summed E-state index contributed by atoms with van der Waals surface area (Å²) < 4.78 is 26.7. The molecule has 0 aromatic heterocycles. The van der Waals surface area contributed by atoms with Crippen LogP contribution < -0.4 is 9.47 Å². The molecule has 0 bridgehead atoms. The number of allylic oxidation sites excluding steroid dienone is 2. The topological polar surface area (TPSA) is 55.8 Å². The van der Waals surface area contributed by atoms with Crippen LogP contribution in [-0.2, 0) is 17.8 Å². The lowest BCUT2D eigenvalue weighted by Crippen LogP contribution is -2.20. The van der Waals surface area contributed by atoms with E-state index in [1.807, 2.05) is 24.3 Å². The van der Waals surface area contributed by atoms with Gasteiger partial charge in [0.2, 0.25) is 0 Å². The van der Waals surface area contributed by atoms with E-state index in [9.17, 15) is 9.90 Å². The van der Waals surface area contributed by atoms with E-state index in [1.54, 1.807) is 19.2 Å². The smallest absolute Gasteiger partial charge is 0.303 e. The molecule has 0 unspecified atom stereocenters. The third kappa shape index (κ3) is 5.32. The molecule has 0 fully saturated rings. The molecule has 2 aliphatic carbocycles. The number of rotatable bonds is 8. The van der Waals surface area contributed by atoms with Gasteiger partial charge in [-0.25, -0.2) is 4.39 Å². The van der Waals surface area contributed by atoms with Crippen LogP contribution in [0.1, 0.15) is 75.1 Å². The number of benzene rings is 3. The first-order valence-corrected chi connectivity index (χ1v) is 13.6. The molecule has 5 rings (SSSR count). The highest BCUT2D eigenvalue weighted by atomic mass is 19.1. The van der Waals surface area contributed by atoms with E-state index < -0.39 is 5.97 Å². The van der Waals surface area contributed by atoms with Gasteiger partial charge in [0.15, 0.2) is 0 Å². The summed E-state index contributed by atoms with van der Waals surface area (Å²) in [6.07, 6.45) is 5.28. The van der Waals surface area contributed by atoms with Crippen LogP contribution in [0.5, 0.6) is 11.5 Å². The molecule has 2 aliphatic rings. The number of aliphatic carboxylic acids is 1. The van der Waals surface area contributed by atoms with Crippen molar-refractivity contribution >= 4 is 11.5 Å². The molecule has 1 atom stereocenters. The van der Waals surface area contributed by atoms with Crippen LogP contribution in [-0.4, -0.2) is 18.2 Å². The zero-order valence-corrected chi connectivity index (χ0v) is 23.4. The molecule has 0 amide bonds.